The Bertz CT molecular complexity index is 1290. The number of para-hydroxylation sites is 1. The van der Waals surface area contributed by atoms with Gasteiger partial charge in [-0.25, -0.2) is 4.98 Å². The van der Waals surface area contributed by atoms with Gasteiger partial charge in [-0.2, -0.15) is 13.2 Å². The molecular weight excluding hydrogens is 512 g/mol. The molecule has 0 saturated carbocycles. The minimum atomic E-state index is -4.85. The first-order chi connectivity index (χ1) is 16.6. The summed E-state index contributed by atoms with van der Waals surface area (Å²) in [6.07, 6.45) is -4.85. The quantitative estimate of drug-likeness (QED) is 0.520. The van der Waals surface area contributed by atoms with Gasteiger partial charge in [-0.1, -0.05) is 35.3 Å². The molecule has 0 bridgehead atoms. The van der Waals surface area contributed by atoms with Gasteiger partial charge in [0.15, 0.2) is 0 Å². The summed E-state index contributed by atoms with van der Waals surface area (Å²) in [7, 11) is 0. The van der Waals surface area contributed by atoms with Crippen molar-refractivity contribution < 1.29 is 32.6 Å². The fourth-order valence-corrected chi connectivity index (χ4v) is 4.39. The second-order valence-corrected chi connectivity index (χ2v) is 8.48. The number of aliphatic hydroxyl groups is 1. The van der Waals surface area contributed by atoms with Gasteiger partial charge in [0.2, 0.25) is 11.7 Å². The molecule has 1 aliphatic heterocycles. The number of rotatable bonds is 5. The number of hydrogen-bond acceptors (Lipinski definition) is 5. The minimum absolute atomic E-state index is 0.00510. The first-order valence-electron chi connectivity index (χ1n) is 10.4. The van der Waals surface area contributed by atoms with Crippen LogP contribution in [0, 0.1) is 0 Å². The molecule has 2 amide bonds. The highest BCUT2D eigenvalue weighted by molar-refractivity contribution is 6.41. The lowest BCUT2D eigenvalue weighted by atomic mass is 10.1. The van der Waals surface area contributed by atoms with Crippen molar-refractivity contribution in [3.8, 4) is 0 Å². The predicted octanol–water partition coefficient (Wildman–Crippen LogP) is 3.97. The van der Waals surface area contributed by atoms with Crippen LogP contribution in [-0.4, -0.2) is 57.7 Å². The van der Waals surface area contributed by atoms with E-state index >= 15 is 0 Å². The maximum absolute atomic E-state index is 13.9. The van der Waals surface area contributed by atoms with Gasteiger partial charge in [0, 0.05) is 13.1 Å². The summed E-state index contributed by atoms with van der Waals surface area (Å²) in [6.45, 7) is 0.148. The first kappa shape index (κ1) is 25.2. The molecular formula is C22H19Cl2F3N4O4. The molecule has 186 valence electrons. The smallest absolute Gasteiger partial charge is 0.392 e. The molecule has 0 atom stereocenters. The lowest BCUT2D eigenvalue weighted by Crippen LogP contribution is -2.42. The highest BCUT2D eigenvalue weighted by Gasteiger charge is 2.39. The molecule has 0 spiro atoms. The van der Waals surface area contributed by atoms with Gasteiger partial charge < -0.3 is 24.6 Å². The van der Waals surface area contributed by atoms with Crippen molar-refractivity contribution >= 4 is 51.7 Å². The number of amides is 2. The molecule has 1 aliphatic rings. The van der Waals surface area contributed by atoms with E-state index in [2.05, 4.69) is 10.3 Å². The van der Waals surface area contributed by atoms with E-state index in [0.29, 0.717) is 13.2 Å². The normalized spacial score (nSPS) is 14.4. The third-order valence-electron chi connectivity index (χ3n) is 5.51. The third kappa shape index (κ3) is 5.08. The van der Waals surface area contributed by atoms with Crippen molar-refractivity contribution in [2.24, 2.45) is 0 Å². The van der Waals surface area contributed by atoms with E-state index in [4.69, 9.17) is 27.9 Å². The number of ether oxygens (including phenoxy) is 1. The van der Waals surface area contributed by atoms with Crippen LogP contribution in [0.3, 0.4) is 0 Å². The molecule has 1 saturated heterocycles. The zero-order valence-electron chi connectivity index (χ0n) is 18.0. The Morgan fingerprint density at radius 1 is 1.14 bits per heavy atom. The van der Waals surface area contributed by atoms with Crippen molar-refractivity contribution in [3.05, 3.63) is 57.3 Å². The van der Waals surface area contributed by atoms with Crippen LogP contribution in [0.5, 0.6) is 0 Å². The van der Waals surface area contributed by atoms with Crippen LogP contribution in [0.4, 0.5) is 18.9 Å². The molecule has 2 aromatic carbocycles. The van der Waals surface area contributed by atoms with Crippen LogP contribution in [0.1, 0.15) is 21.7 Å². The van der Waals surface area contributed by atoms with E-state index in [1.807, 2.05) is 0 Å². The highest BCUT2D eigenvalue weighted by atomic mass is 35.5. The number of nitrogens with one attached hydrogen (secondary N) is 1. The molecule has 1 fully saturated rings. The second-order valence-electron chi connectivity index (χ2n) is 7.69. The van der Waals surface area contributed by atoms with Crippen molar-refractivity contribution in [2.75, 3.05) is 31.6 Å². The first-order valence-corrected chi connectivity index (χ1v) is 11.2. The lowest BCUT2D eigenvalue weighted by Gasteiger charge is -2.27. The summed E-state index contributed by atoms with van der Waals surface area (Å²) in [6, 6.07) is 7.02. The summed E-state index contributed by atoms with van der Waals surface area (Å²) in [4.78, 5) is 30.8. The molecule has 4 rings (SSSR count). The fraction of sp³-hybridized carbons (Fsp3) is 0.318. The Hall–Kier alpha value is -2.86. The van der Waals surface area contributed by atoms with E-state index in [1.54, 1.807) is 0 Å². The number of carbonyl (C=O) groups is 2. The van der Waals surface area contributed by atoms with Crippen LogP contribution in [0.15, 0.2) is 30.3 Å². The molecule has 1 aromatic heterocycles. The number of aliphatic hydroxyl groups excluding tert-OH is 1. The van der Waals surface area contributed by atoms with Crippen LogP contribution in [0.25, 0.3) is 11.0 Å². The second kappa shape index (κ2) is 10.0. The van der Waals surface area contributed by atoms with Crippen molar-refractivity contribution in [3.63, 3.8) is 0 Å². The van der Waals surface area contributed by atoms with Crippen LogP contribution in [-0.2, 0) is 28.9 Å². The number of imidazole rings is 1. The number of halogens is 5. The number of benzene rings is 2. The molecule has 2 heterocycles. The lowest BCUT2D eigenvalue weighted by molar-refractivity contribution is -0.148. The number of aromatic nitrogens is 2. The van der Waals surface area contributed by atoms with E-state index in [9.17, 15) is 27.9 Å². The van der Waals surface area contributed by atoms with Crippen molar-refractivity contribution in [1.82, 2.24) is 14.5 Å². The summed E-state index contributed by atoms with van der Waals surface area (Å²) in [5.74, 6) is -2.57. The highest BCUT2D eigenvalue weighted by Crippen LogP contribution is 2.35. The number of anilines is 1. The van der Waals surface area contributed by atoms with Gasteiger partial charge in [0.05, 0.1) is 46.6 Å². The predicted molar refractivity (Wildman–Crippen MR) is 122 cm³/mol. The molecule has 3 aromatic rings. The maximum Gasteiger partial charge on any atom is 0.449 e. The van der Waals surface area contributed by atoms with Gasteiger partial charge >= 0.3 is 6.18 Å². The number of carbonyl (C=O) groups excluding carboxylic acids is 2. The summed E-state index contributed by atoms with van der Waals surface area (Å²) < 4.78 is 47.5. The largest absolute Gasteiger partial charge is 0.449 e. The number of nitrogens with zero attached hydrogens (tertiary/aromatic N) is 3. The fourth-order valence-electron chi connectivity index (χ4n) is 3.78. The topological polar surface area (TPSA) is 96.7 Å². The molecule has 2 N–H and O–H groups in total. The molecule has 0 radical (unpaired) electrons. The molecule has 0 aliphatic carbocycles. The zero-order chi connectivity index (χ0) is 25.3. The Balaban J connectivity index is 1.73. The number of alkyl halides is 3. The minimum Gasteiger partial charge on any atom is -0.392 e. The van der Waals surface area contributed by atoms with Crippen molar-refractivity contribution in [2.45, 2.75) is 19.3 Å². The van der Waals surface area contributed by atoms with E-state index in [-0.39, 0.29) is 51.0 Å². The summed E-state index contributed by atoms with van der Waals surface area (Å²) >= 11 is 12.3. The number of fused-ring (bicyclic) bond motifs is 1. The van der Waals surface area contributed by atoms with Gasteiger partial charge in [0.1, 0.15) is 12.1 Å². The third-order valence-corrected chi connectivity index (χ3v) is 6.25. The summed E-state index contributed by atoms with van der Waals surface area (Å²) in [5.41, 5.74) is -0.0665. The Labute approximate surface area is 207 Å². The average molecular weight is 531 g/mol. The Morgan fingerprint density at radius 2 is 1.86 bits per heavy atom. The SMILES string of the molecule is O=C(Nc1cccc2c1nc(C(F)(F)F)n2CC(=O)N1CCOCC1)c1c(Cl)ccc(CO)c1Cl. The Kier molecular flexibility index (Phi) is 7.22. The molecule has 13 heteroatoms. The average Bonchev–Trinajstić information content (AvgIpc) is 3.20. The zero-order valence-corrected chi connectivity index (χ0v) is 19.5. The van der Waals surface area contributed by atoms with Gasteiger partial charge in [-0.15, -0.1) is 0 Å². The Morgan fingerprint density at radius 3 is 2.51 bits per heavy atom. The van der Waals surface area contributed by atoms with Crippen LogP contribution < -0.4 is 5.32 Å². The van der Waals surface area contributed by atoms with Crippen molar-refractivity contribution in [1.29, 1.82) is 0 Å². The van der Waals surface area contributed by atoms with E-state index in [1.165, 1.54) is 35.2 Å². The molecule has 35 heavy (non-hydrogen) atoms. The van der Waals surface area contributed by atoms with Gasteiger partial charge in [-0.3, -0.25) is 9.59 Å². The van der Waals surface area contributed by atoms with Gasteiger partial charge in [0.25, 0.3) is 5.91 Å². The van der Waals surface area contributed by atoms with E-state index in [0.717, 1.165) is 4.57 Å². The standard InChI is InChI=1S/C22H19Cl2F3N4O4/c23-13-5-4-12(11-32)18(24)17(13)20(34)28-14-2-1-3-15-19(14)29-21(22(25,26)27)31(15)10-16(33)30-6-8-35-9-7-30/h1-5,32H,6-11H2,(H,28,34). The number of morpholine rings is 1. The van der Waals surface area contributed by atoms with E-state index < -0.39 is 37.0 Å². The molecule has 0 unspecified atom stereocenters. The van der Waals surface area contributed by atoms with Crippen LogP contribution >= 0.6 is 23.2 Å². The number of hydrogen-bond donors (Lipinski definition) is 2. The molecule has 8 nitrogen and oxygen atoms in total. The monoisotopic (exact) mass is 530 g/mol. The summed E-state index contributed by atoms with van der Waals surface area (Å²) in [5, 5.41) is 11.8. The maximum atomic E-state index is 13.9. The van der Waals surface area contributed by atoms with Crippen LogP contribution in [0.2, 0.25) is 10.0 Å². The van der Waals surface area contributed by atoms with Gasteiger partial charge in [-0.05, 0) is 23.8 Å².